The molecule has 23 heavy (non-hydrogen) atoms. The highest BCUT2D eigenvalue weighted by atomic mass is 35.5. The highest BCUT2D eigenvalue weighted by Crippen LogP contribution is 2.44. The Hall–Kier alpha value is -1.34. The van der Waals surface area contributed by atoms with E-state index in [1.165, 1.54) is 17.0 Å². The van der Waals surface area contributed by atoms with Gasteiger partial charge in [-0.15, -0.1) is 12.4 Å². The third-order valence-electron chi connectivity index (χ3n) is 4.90. The van der Waals surface area contributed by atoms with Crippen molar-refractivity contribution < 1.29 is 18.0 Å². The maximum Gasteiger partial charge on any atom is 0.433 e. The number of amides is 1. The molecule has 2 fully saturated rings. The van der Waals surface area contributed by atoms with Crippen LogP contribution in [0, 0.1) is 11.3 Å². The van der Waals surface area contributed by atoms with Gasteiger partial charge in [0.1, 0.15) is 11.5 Å². The van der Waals surface area contributed by atoms with Crippen LogP contribution >= 0.6 is 12.4 Å². The van der Waals surface area contributed by atoms with Gasteiger partial charge in [-0.2, -0.15) is 13.2 Å². The van der Waals surface area contributed by atoms with E-state index in [0.29, 0.717) is 13.0 Å². The predicted octanol–water partition coefficient (Wildman–Crippen LogP) is 2.87. The zero-order chi connectivity index (χ0) is 16.0. The van der Waals surface area contributed by atoms with Gasteiger partial charge >= 0.3 is 6.18 Å². The summed E-state index contributed by atoms with van der Waals surface area (Å²) in [5.41, 5.74) is -1.42. The molecule has 1 amide bonds. The van der Waals surface area contributed by atoms with Crippen LogP contribution in [0.5, 0.6) is 0 Å². The van der Waals surface area contributed by atoms with E-state index in [1.54, 1.807) is 0 Å². The topological polar surface area (TPSA) is 45.2 Å². The second kappa shape index (κ2) is 6.28. The number of pyridine rings is 1. The van der Waals surface area contributed by atoms with Crippen molar-refractivity contribution in [2.75, 3.05) is 24.5 Å². The lowest BCUT2D eigenvalue weighted by Gasteiger charge is -2.38. The molecule has 0 saturated carbocycles. The van der Waals surface area contributed by atoms with Gasteiger partial charge in [0, 0.05) is 6.54 Å². The Morgan fingerprint density at radius 3 is 2.74 bits per heavy atom. The quantitative estimate of drug-likeness (QED) is 0.848. The maximum absolute atomic E-state index is 12.8. The number of nitrogens with zero attached hydrogens (tertiary/aromatic N) is 2. The highest BCUT2D eigenvalue weighted by molar-refractivity contribution is 5.99. The molecule has 3 heterocycles. The van der Waals surface area contributed by atoms with Gasteiger partial charge in [0.05, 0.1) is 5.41 Å². The number of carbonyl (C=O) groups is 1. The number of rotatable bonds is 1. The number of aromatic nitrogens is 1. The summed E-state index contributed by atoms with van der Waals surface area (Å²) < 4.78 is 38.4. The average Bonchev–Trinajstić information content (AvgIpc) is 2.80. The molecule has 1 N–H and O–H groups in total. The van der Waals surface area contributed by atoms with E-state index in [1.807, 2.05) is 6.92 Å². The van der Waals surface area contributed by atoms with Gasteiger partial charge in [-0.25, -0.2) is 4.98 Å². The first kappa shape index (κ1) is 18.0. The third-order valence-corrected chi connectivity index (χ3v) is 4.90. The lowest BCUT2D eigenvalue weighted by molar-refractivity contribution is -0.141. The van der Waals surface area contributed by atoms with Crippen LogP contribution in [0.4, 0.5) is 19.0 Å². The molecule has 0 aliphatic carbocycles. The zero-order valence-corrected chi connectivity index (χ0v) is 13.5. The lowest BCUT2D eigenvalue weighted by atomic mass is 9.70. The first-order valence-electron chi connectivity index (χ1n) is 7.41. The second-order valence-electron chi connectivity index (χ2n) is 6.10. The molecule has 8 heteroatoms. The van der Waals surface area contributed by atoms with Crippen LogP contribution in [0.2, 0.25) is 0 Å². The zero-order valence-electron chi connectivity index (χ0n) is 12.7. The molecule has 1 spiro atoms. The number of halogens is 4. The van der Waals surface area contributed by atoms with Crippen LogP contribution in [-0.2, 0) is 11.0 Å². The van der Waals surface area contributed by atoms with Crippen LogP contribution in [0.3, 0.4) is 0 Å². The normalized spacial score (nSPS) is 28.1. The fourth-order valence-corrected chi connectivity index (χ4v) is 3.50. The number of carbonyl (C=O) groups excluding carboxylic acids is 1. The Balaban J connectivity index is 0.00000192. The first-order valence-corrected chi connectivity index (χ1v) is 7.41. The van der Waals surface area contributed by atoms with Crippen LogP contribution < -0.4 is 10.2 Å². The number of nitrogens with one attached hydrogen (secondary N) is 1. The Labute approximate surface area is 138 Å². The van der Waals surface area contributed by atoms with Crippen molar-refractivity contribution in [1.82, 2.24) is 10.3 Å². The molecule has 2 saturated heterocycles. The number of alkyl halides is 3. The maximum atomic E-state index is 12.8. The summed E-state index contributed by atoms with van der Waals surface area (Å²) in [7, 11) is 0. The van der Waals surface area contributed by atoms with Crippen LogP contribution in [0.1, 0.15) is 25.5 Å². The smallest absolute Gasteiger partial charge is 0.316 e. The minimum absolute atomic E-state index is 0. The highest BCUT2D eigenvalue weighted by Gasteiger charge is 2.51. The van der Waals surface area contributed by atoms with E-state index >= 15 is 0 Å². The molecule has 4 nitrogen and oxygen atoms in total. The largest absolute Gasteiger partial charge is 0.433 e. The Kier molecular flexibility index (Phi) is 4.92. The second-order valence-corrected chi connectivity index (χ2v) is 6.10. The molecule has 2 aliphatic rings. The van der Waals surface area contributed by atoms with Crippen molar-refractivity contribution in [2.24, 2.45) is 11.3 Å². The Morgan fingerprint density at radius 2 is 2.09 bits per heavy atom. The Morgan fingerprint density at radius 1 is 1.35 bits per heavy atom. The molecular formula is C15H19ClF3N3O. The summed E-state index contributed by atoms with van der Waals surface area (Å²) >= 11 is 0. The van der Waals surface area contributed by atoms with E-state index in [4.69, 9.17) is 0 Å². The van der Waals surface area contributed by atoms with E-state index in [9.17, 15) is 18.0 Å². The van der Waals surface area contributed by atoms with E-state index in [2.05, 4.69) is 10.3 Å². The third kappa shape index (κ3) is 3.04. The van der Waals surface area contributed by atoms with E-state index in [0.717, 1.165) is 25.6 Å². The van der Waals surface area contributed by atoms with E-state index < -0.39 is 17.3 Å². The lowest BCUT2D eigenvalue weighted by Crippen LogP contribution is -2.48. The van der Waals surface area contributed by atoms with Crippen molar-refractivity contribution in [3.8, 4) is 0 Å². The number of anilines is 1. The van der Waals surface area contributed by atoms with Crippen LogP contribution in [-0.4, -0.2) is 30.5 Å². The molecule has 2 atom stereocenters. The van der Waals surface area contributed by atoms with Crippen molar-refractivity contribution in [1.29, 1.82) is 0 Å². The summed E-state index contributed by atoms with van der Waals surface area (Å²) in [6.45, 7) is 3.97. The average molecular weight is 350 g/mol. The first-order chi connectivity index (χ1) is 10.3. The summed E-state index contributed by atoms with van der Waals surface area (Å²) in [5, 5.41) is 3.25. The fourth-order valence-electron chi connectivity index (χ4n) is 3.50. The van der Waals surface area contributed by atoms with Crippen molar-refractivity contribution >= 4 is 24.1 Å². The number of hydrogen-bond acceptors (Lipinski definition) is 3. The van der Waals surface area contributed by atoms with Gasteiger partial charge in [0.2, 0.25) is 5.91 Å². The van der Waals surface area contributed by atoms with Crippen LogP contribution in [0.15, 0.2) is 18.2 Å². The molecule has 1 aromatic heterocycles. The molecular weight excluding hydrogens is 331 g/mol. The van der Waals surface area contributed by atoms with Crippen molar-refractivity contribution in [2.45, 2.75) is 25.9 Å². The molecule has 0 radical (unpaired) electrons. The number of piperidine rings is 1. The molecule has 2 unspecified atom stereocenters. The van der Waals surface area contributed by atoms with Gasteiger partial charge in [0.15, 0.2) is 0 Å². The number of hydrogen-bond donors (Lipinski definition) is 1. The molecule has 0 aromatic carbocycles. The monoisotopic (exact) mass is 349 g/mol. The SMILES string of the molecule is CC1CNCCC12CCN(c1cccc(C(F)(F)F)n1)C2=O.Cl. The summed E-state index contributed by atoms with van der Waals surface area (Å²) in [6.07, 6.45) is -3.10. The van der Waals surface area contributed by atoms with Gasteiger partial charge < -0.3 is 5.32 Å². The van der Waals surface area contributed by atoms with Crippen molar-refractivity contribution in [3.63, 3.8) is 0 Å². The molecule has 0 bridgehead atoms. The Bertz CT molecular complexity index is 596. The summed E-state index contributed by atoms with van der Waals surface area (Å²) in [6, 6.07) is 3.69. The minimum Gasteiger partial charge on any atom is -0.316 e. The fraction of sp³-hybridized carbons (Fsp3) is 0.600. The molecule has 1 aromatic rings. The molecule has 3 rings (SSSR count). The predicted molar refractivity (Wildman–Crippen MR) is 82.5 cm³/mol. The van der Waals surface area contributed by atoms with Gasteiger partial charge in [-0.3, -0.25) is 9.69 Å². The minimum atomic E-state index is -4.50. The van der Waals surface area contributed by atoms with Crippen LogP contribution in [0.25, 0.3) is 0 Å². The van der Waals surface area contributed by atoms with Gasteiger partial charge in [-0.05, 0) is 44.0 Å². The summed E-state index contributed by atoms with van der Waals surface area (Å²) in [5.74, 6) is 0.181. The summed E-state index contributed by atoms with van der Waals surface area (Å²) in [4.78, 5) is 17.9. The van der Waals surface area contributed by atoms with E-state index in [-0.39, 0.29) is 30.0 Å². The standard InChI is InChI=1S/C15H18F3N3O.ClH/c1-10-9-19-7-5-14(10)6-8-21(13(14)22)12-4-2-3-11(20-12)15(16,17)18;/h2-4,10,19H,5-9H2,1H3;1H. The molecule has 128 valence electrons. The van der Waals surface area contributed by atoms with Gasteiger partial charge in [0.25, 0.3) is 0 Å². The molecule has 2 aliphatic heterocycles. The van der Waals surface area contributed by atoms with Gasteiger partial charge in [-0.1, -0.05) is 13.0 Å². The van der Waals surface area contributed by atoms with Crippen molar-refractivity contribution in [3.05, 3.63) is 23.9 Å².